The van der Waals surface area contributed by atoms with Crippen molar-refractivity contribution in [3.63, 3.8) is 0 Å². The fraction of sp³-hybridized carbons (Fsp3) is 0.348. The van der Waals surface area contributed by atoms with Crippen LogP contribution in [-0.4, -0.2) is 41.3 Å². The lowest BCUT2D eigenvalue weighted by Gasteiger charge is -2.34. The van der Waals surface area contributed by atoms with Crippen molar-refractivity contribution in [1.82, 2.24) is 13.9 Å². The van der Waals surface area contributed by atoms with Crippen LogP contribution in [0.15, 0.2) is 64.5 Å². The molecule has 1 aliphatic rings. The summed E-state index contributed by atoms with van der Waals surface area (Å²) in [6.45, 7) is 4.96. The highest BCUT2D eigenvalue weighted by Gasteiger charge is 2.31. The molecule has 1 aromatic heterocycles. The van der Waals surface area contributed by atoms with Gasteiger partial charge in [0.25, 0.3) is 5.56 Å². The van der Waals surface area contributed by atoms with E-state index in [4.69, 9.17) is 0 Å². The van der Waals surface area contributed by atoms with Crippen molar-refractivity contribution in [3.8, 4) is 0 Å². The van der Waals surface area contributed by atoms with E-state index in [-0.39, 0.29) is 17.0 Å². The summed E-state index contributed by atoms with van der Waals surface area (Å²) in [4.78, 5) is 29.4. The summed E-state index contributed by atoms with van der Waals surface area (Å²) < 4.78 is 28.8. The molecule has 0 bridgehead atoms. The van der Waals surface area contributed by atoms with Gasteiger partial charge in [-0.25, -0.2) is 13.4 Å². The minimum atomic E-state index is -3.58. The minimum Gasteiger partial charge on any atom is -0.325 e. The van der Waals surface area contributed by atoms with E-state index in [1.807, 2.05) is 0 Å². The average Bonchev–Trinajstić information content (AvgIpc) is 2.75. The zero-order chi connectivity index (χ0) is 22.9. The van der Waals surface area contributed by atoms with Gasteiger partial charge in [0.2, 0.25) is 15.9 Å². The van der Waals surface area contributed by atoms with E-state index >= 15 is 0 Å². The molecule has 1 saturated heterocycles. The molecule has 3 aromatic rings. The fourth-order valence-electron chi connectivity index (χ4n) is 4.24. The van der Waals surface area contributed by atoms with Crippen molar-refractivity contribution in [2.24, 2.45) is 11.8 Å². The van der Waals surface area contributed by atoms with Crippen LogP contribution in [0.25, 0.3) is 10.9 Å². The highest BCUT2D eigenvalue weighted by Crippen LogP contribution is 2.27. The van der Waals surface area contributed by atoms with Crippen molar-refractivity contribution in [2.75, 3.05) is 18.4 Å². The van der Waals surface area contributed by atoms with E-state index in [1.165, 1.54) is 23.0 Å². The zero-order valence-corrected chi connectivity index (χ0v) is 18.9. The lowest BCUT2D eigenvalue weighted by Crippen LogP contribution is -2.42. The fourth-order valence-corrected chi connectivity index (χ4v) is 5.91. The smallest absolute Gasteiger partial charge is 0.261 e. The molecule has 0 spiro atoms. The number of carbonyl (C=O) groups is 1. The van der Waals surface area contributed by atoms with Gasteiger partial charge < -0.3 is 5.32 Å². The Morgan fingerprint density at radius 2 is 1.72 bits per heavy atom. The Labute approximate surface area is 186 Å². The SMILES string of the molecule is C[C@H]1C[C@H](C)CN(S(=O)(=O)c2ccc(NC(=O)Cn3cnc4ccccc4c3=O)cc2)C1. The number of hydrogen-bond acceptors (Lipinski definition) is 5. The Hall–Kier alpha value is -3.04. The molecule has 1 amide bonds. The summed E-state index contributed by atoms with van der Waals surface area (Å²) >= 11 is 0. The molecule has 1 aliphatic heterocycles. The molecule has 1 fully saturated rings. The maximum Gasteiger partial charge on any atom is 0.261 e. The molecule has 0 aliphatic carbocycles. The van der Waals surface area contributed by atoms with E-state index in [1.54, 1.807) is 40.7 Å². The van der Waals surface area contributed by atoms with Crippen molar-refractivity contribution in [3.05, 3.63) is 65.2 Å². The van der Waals surface area contributed by atoms with E-state index in [0.29, 0.717) is 41.5 Å². The summed E-state index contributed by atoms with van der Waals surface area (Å²) in [5.41, 5.74) is 0.733. The highest BCUT2D eigenvalue weighted by molar-refractivity contribution is 7.89. The normalized spacial score (nSPS) is 19.7. The third kappa shape index (κ3) is 4.58. The number of rotatable bonds is 5. The third-order valence-electron chi connectivity index (χ3n) is 5.66. The van der Waals surface area contributed by atoms with Crippen LogP contribution in [0.5, 0.6) is 0 Å². The molecule has 2 atom stereocenters. The Bertz CT molecular complexity index is 1290. The molecular weight excluding hydrogens is 428 g/mol. The van der Waals surface area contributed by atoms with Crippen LogP contribution in [-0.2, 0) is 21.4 Å². The third-order valence-corrected chi connectivity index (χ3v) is 7.50. The van der Waals surface area contributed by atoms with Gasteiger partial charge in [0.1, 0.15) is 6.54 Å². The van der Waals surface area contributed by atoms with Crippen molar-refractivity contribution in [1.29, 1.82) is 0 Å². The van der Waals surface area contributed by atoms with Gasteiger partial charge in [-0.2, -0.15) is 4.31 Å². The first-order valence-corrected chi connectivity index (χ1v) is 12.0. The van der Waals surface area contributed by atoms with Crippen LogP contribution in [0.1, 0.15) is 20.3 Å². The molecule has 2 heterocycles. The van der Waals surface area contributed by atoms with Crippen molar-refractivity contribution in [2.45, 2.75) is 31.7 Å². The monoisotopic (exact) mass is 454 g/mol. The van der Waals surface area contributed by atoms with Gasteiger partial charge in [0.15, 0.2) is 0 Å². The number of hydrogen-bond donors (Lipinski definition) is 1. The number of carbonyl (C=O) groups excluding carboxylic acids is 1. The molecular formula is C23H26N4O4S. The molecule has 168 valence electrons. The highest BCUT2D eigenvalue weighted by atomic mass is 32.2. The maximum absolute atomic E-state index is 13.0. The molecule has 9 heteroatoms. The minimum absolute atomic E-state index is 0.194. The van der Waals surface area contributed by atoms with Crippen LogP contribution >= 0.6 is 0 Å². The summed E-state index contributed by atoms with van der Waals surface area (Å²) in [5, 5.41) is 3.15. The lowest BCUT2D eigenvalue weighted by atomic mass is 9.94. The second-order valence-corrected chi connectivity index (χ2v) is 10.5. The molecule has 4 rings (SSSR count). The van der Waals surface area contributed by atoms with Crippen LogP contribution in [0.3, 0.4) is 0 Å². The number of nitrogens with one attached hydrogen (secondary N) is 1. The number of benzene rings is 2. The number of aromatic nitrogens is 2. The van der Waals surface area contributed by atoms with E-state index in [2.05, 4.69) is 24.1 Å². The van der Waals surface area contributed by atoms with Gasteiger partial charge >= 0.3 is 0 Å². The van der Waals surface area contributed by atoms with Gasteiger partial charge in [-0.1, -0.05) is 26.0 Å². The van der Waals surface area contributed by atoms with Crippen molar-refractivity contribution < 1.29 is 13.2 Å². The number of fused-ring (bicyclic) bond motifs is 1. The van der Waals surface area contributed by atoms with Gasteiger partial charge in [-0.05, 0) is 54.7 Å². The Morgan fingerprint density at radius 1 is 1.06 bits per heavy atom. The topological polar surface area (TPSA) is 101 Å². The number of sulfonamides is 1. The Balaban J connectivity index is 1.45. The summed E-state index contributed by atoms with van der Waals surface area (Å²) in [5.74, 6) is 0.235. The lowest BCUT2D eigenvalue weighted by molar-refractivity contribution is -0.116. The summed E-state index contributed by atoms with van der Waals surface area (Å²) in [6.07, 6.45) is 2.37. The van der Waals surface area contributed by atoms with Crippen LogP contribution in [0, 0.1) is 11.8 Å². The van der Waals surface area contributed by atoms with Gasteiger partial charge in [-0.3, -0.25) is 14.2 Å². The number of anilines is 1. The van der Waals surface area contributed by atoms with Gasteiger partial charge in [0, 0.05) is 18.8 Å². The van der Waals surface area contributed by atoms with Crippen LogP contribution < -0.4 is 10.9 Å². The molecule has 0 unspecified atom stereocenters. The summed E-state index contributed by atoms with van der Waals surface area (Å²) in [6, 6.07) is 13.1. The van der Waals surface area contributed by atoms with Crippen LogP contribution in [0.2, 0.25) is 0 Å². The predicted molar refractivity (Wildman–Crippen MR) is 123 cm³/mol. The summed E-state index contributed by atoms with van der Waals surface area (Å²) in [7, 11) is -3.58. The second kappa shape index (κ2) is 8.84. The Morgan fingerprint density at radius 3 is 2.41 bits per heavy atom. The van der Waals surface area contributed by atoms with Crippen LogP contribution in [0.4, 0.5) is 5.69 Å². The number of piperidine rings is 1. The van der Waals surface area contributed by atoms with Gasteiger partial charge in [-0.15, -0.1) is 0 Å². The number of nitrogens with zero attached hydrogens (tertiary/aromatic N) is 3. The Kier molecular flexibility index (Phi) is 6.12. The van der Waals surface area contributed by atoms with E-state index < -0.39 is 15.9 Å². The molecule has 1 N–H and O–H groups in total. The molecule has 2 aromatic carbocycles. The second-order valence-electron chi connectivity index (χ2n) is 8.54. The van der Waals surface area contributed by atoms with E-state index in [9.17, 15) is 18.0 Å². The van der Waals surface area contributed by atoms with Crippen molar-refractivity contribution >= 4 is 32.5 Å². The standard InChI is InChI=1S/C23H26N4O4S/c1-16-11-17(2)13-27(12-16)32(30,31)19-9-7-18(8-10-19)25-22(28)14-26-15-24-21-6-4-3-5-20(21)23(26)29/h3-10,15-17H,11-14H2,1-2H3,(H,25,28)/t16-,17-/m0/s1. The van der Waals surface area contributed by atoms with Gasteiger partial charge in [0.05, 0.1) is 22.1 Å². The zero-order valence-electron chi connectivity index (χ0n) is 18.1. The number of para-hydroxylation sites is 1. The molecule has 0 saturated carbocycles. The van der Waals surface area contributed by atoms with E-state index in [0.717, 1.165) is 6.42 Å². The molecule has 8 nitrogen and oxygen atoms in total. The molecule has 0 radical (unpaired) electrons. The predicted octanol–water partition coefficient (Wildman–Crippen LogP) is 2.70. The first-order chi connectivity index (χ1) is 15.2. The largest absolute Gasteiger partial charge is 0.325 e. The average molecular weight is 455 g/mol. The quantitative estimate of drug-likeness (QED) is 0.639. The first-order valence-electron chi connectivity index (χ1n) is 10.6. The molecule has 32 heavy (non-hydrogen) atoms. The maximum atomic E-state index is 13.0. The first kappa shape index (κ1) is 22.2. The number of amides is 1.